The molecule has 5 nitrogen and oxygen atoms in total. The summed E-state index contributed by atoms with van der Waals surface area (Å²) in [5.41, 5.74) is 3.62. The van der Waals surface area contributed by atoms with Crippen LogP contribution in [-0.2, 0) is 12.8 Å². The molecule has 2 aromatic carbocycles. The number of aromatic nitrogens is 2. The largest absolute Gasteiger partial charge is 0.492 e. The van der Waals surface area contributed by atoms with Crippen LogP contribution in [0.5, 0.6) is 5.75 Å². The number of nitrogens with one attached hydrogen (secondary N) is 1. The molecule has 0 fully saturated rings. The van der Waals surface area contributed by atoms with Gasteiger partial charge >= 0.3 is 0 Å². The molecule has 0 radical (unpaired) electrons. The fourth-order valence-corrected chi connectivity index (χ4v) is 3.35. The third kappa shape index (κ3) is 3.69. The normalized spacial score (nSPS) is 12.6. The SMILES string of the molecule is O=C(NCCOc1ccc(F)cc1)c1nn(-c2ccccc2)c2c1CCC2. The summed E-state index contributed by atoms with van der Waals surface area (Å²) in [5.74, 6) is 0.0731. The molecule has 6 heteroatoms. The Morgan fingerprint density at radius 3 is 2.67 bits per heavy atom. The van der Waals surface area contributed by atoms with Crippen molar-refractivity contribution in [2.24, 2.45) is 0 Å². The Bertz CT molecular complexity index is 936. The lowest BCUT2D eigenvalue weighted by Crippen LogP contribution is -2.29. The predicted molar refractivity (Wildman–Crippen MR) is 99.8 cm³/mol. The second kappa shape index (κ2) is 7.61. The van der Waals surface area contributed by atoms with E-state index >= 15 is 0 Å². The lowest BCUT2D eigenvalue weighted by atomic mass is 10.2. The van der Waals surface area contributed by atoms with E-state index in [2.05, 4.69) is 10.4 Å². The Kier molecular flexibility index (Phi) is 4.87. The lowest BCUT2D eigenvalue weighted by Gasteiger charge is -2.07. The molecule has 0 unspecified atom stereocenters. The van der Waals surface area contributed by atoms with E-state index in [4.69, 9.17) is 4.74 Å². The number of carbonyl (C=O) groups excluding carboxylic acids is 1. The molecule has 0 saturated heterocycles. The highest BCUT2D eigenvalue weighted by atomic mass is 19.1. The molecule has 1 aliphatic carbocycles. The van der Waals surface area contributed by atoms with Crippen molar-refractivity contribution < 1.29 is 13.9 Å². The summed E-state index contributed by atoms with van der Waals surface area (Å²) < 4.78 is 20.3. The molecule has 138 valence electrons. The second-order valence-corrected chi connectivity index (χ2v) is 6.43. The van der Waals surface area contributed by atoms with Gasteiger partial charge in [-0.3, -0.25) is 4.79 Å². The Morgan fingerprint density at radius 2 is 1.89 bits per heavy atom. The first-order valence-corrected chi connectivity index (χ1v) is 9.05. The first kappa shape index (κ1) is 17.3. The predicted octanol–water partition coefficient (Wildman–Crippen LogP) is 3.31. The van der Waals surface area contributed by atoms with E-state index < -0.39 is 0 Å². The van der Waals surface area contributed by atoms with Gasteiger partial charge in [-0.05, 0) is 55.7 Å². The molecule has 0 bridgehead atoms. The smallest absolute Gasteiger partial charge is 0.272 e. The maximum atomic E-state index is 12.9. The molecule has 3 aromatic rings. The van der Waals surface area contributed by atoms with Crippen molar-refractivity contribution >= 4 is 5.91 Å². The summed E-state index contributed by atoms with van der Waals surface area (Å²) in [6.45, 7) is 0.655. The number of carbonyl (C=O) groups is 1. The Balaban J connectivity index is 1.41. The third-order valence-electron chi connectivity index (χ3n) is 4.62. The number of fused-ring (bicyclic) bond motifs is 1. The number of halogens is 1. The number of ether oxygens (including phenoxy) is 1. The number of nitrogens with zero attached hydrogens (tertiary/aromatic N) is 2. The van der Waals surface area contributed by atoms with E-state index in [1.807, 2.05) is 35.0 Å². The van der Waals surface area contributed by atoms with Gasteiger partial charge in [0.1, 0.15) is 18.2 Å². The van der Waals surface area contributed by atoms with Gasteiger partial charge in [0.15, 0.2) is 5.69 Å². The zero-order chi connectivity index (χ0) is 18.6. The van der Waals surface area contributed by atoms with E-state index in [9.17, 15) is 9.18 Å². The molecule has 1 aromatic heterocycles. The molecule has 1 aliphatic rings. The van der Waals surface area contributed by atoms with Crippen molar-refractivity contribution in [1.29, 1.82) is 0 Å². The van der Waals surface area contributed by atoms with E-state index in [0.717, 1.165) is 36.2 Å². The van der Waals surface area contributed by atoms with E-state index in [0.29, 0.717) is 24.6 Å². The highest BCUT2D eigenvalue weighted by molar-refractivity contribution is 5.94. The number of rotatable bonds is 6. The van der Waals surface area contributed by atoms with Crippen molar-refractivity contribution in [2.45, 2.75) is 19.3 Å². The number of para-hydroxylation sites is 1. The Labute approximate surface area is 156 Å². The van der Waals surface area contributed by atoms with Gasteiger partial charge in [-0.1, -0.05) is 18.2 Å². The van der Waals surface area contributed by atoms with E-state index in [1.54, 1.807) is 12.1 Å². The summed E-state index contributed by atoms with van der Waals surface area (Å²) in [4.78, 5) is 12.6. The van der Waals surface area contributed by atoms with Crippen molar-refractivity contribution in [1.82, 2.24) is 15.1 Å². The average Bonchev–Trinajstić information content (AvgIpc) is 3.30. The van der Waals surface area contributed by atoms with Crippen molar-refractivity contribution in [3.63, 3.8) is 0 Å². The minimum atomic E-state index is -0.307. The zero-order valence-electron chi connectivity index (χ0n) is 14.8. The van der Waals surface area contributed by atoms with Gasteiger partial charge < -0.3 is 10.1 Å². The van der Waals surface area contributed by atoms with E-state index in [1.165, 1.54) is 12.1 Å². The van der Waals surface area contributed by atoms with Gasteiger partial charge in [0.25, 0.3) is 5.91 Å². The van der Waals surface area contributed by atoms with Gasteiger partial charge in [-0.25, -0.2) is 9.07 Å². The molecule has 1 N–H and O–H groups in total. The van der Waals surface area contributed by atoms with Crippen LogP contribution < -0.4 is 10.1 Å². The van der Waals surface area contributed by atoms with Gasteiger partial charge in [0.2, 0.25) is 0 Å². The number of hydrogen-bond acceptors (Lipinski definition) is 3. The topological polar surface area (TPSA) is 56.1 Å². The number of amides is 1. The van der Waals surface area contributed by atoms with Crippen LogP contribution in [0.4, 0.5) is 4.39 Å². The minimum absolute atomic E-state index is 0.189. The minimum Gasteiger partial charge on any atom is -0.492 e. The number of benzene rings is 2. The summed E-state index contributed by atoms with van der Waals surface area (Å²) in [6.07, 6.45) is 2.84. The van der Waals surface area contributed by atoms with Crippen LogP contribution in [0.25, 0.3) is 5.69 Å². The van der Waals surface area contributed by atoms with Crippen LogP contribution in [0.1, 0.15) is 28.2 Å². The Hall–Kier alpha value is -3.15. The number of hydrogen-bond donors (Lipinski definition) is 1. The lowest BCUT2D eigenvalue weighted by molar-refractivity contribution is 0.0940. The monoisotopic (exact) mass is 365 g/mol. The van der Waals surface area contributed by atoms with Crippen LogP contribution in [0.3, 0.4) is 0 Å². The molecular weight excluding hydrogens is 345 g/mol. The van der Waals surface area contributed by atoms with Crippen LogP contribution in [0, 0.1) is 5.82 Å². The standard InChI is InChI=1S/C21H20FN3O2/c22-15-9-11-17(12-10-15)27-14-13-23-21(26)20-18-7-4-8-19(18)25(24-20)16-5-2-1-3-6-16/h1-3,5-6,9-12H,4,7-8,13-14H2,(H,23,26). The van der Waals surface area contributed by atoms with Crippen LogP contribution in [0.15, 0.2) is 54.6 Å². The Morgan fingerprint density at radius 1 is 1.11 bits per heavy atom. The summed E-state index contributed by atoms with van der Waals surface area (Å²) >= 11 is 0. The highest BCUT2D eigenvalue weighted by Gasteiger charge is 2.26. The average molecular weight is 365 g/mol. The molecule has 0 atom stereocenters. The molecule has 1 amide bonds. The molecule has 1 heterocycles. The molecule has 0 aliphatic heterocycles. The molecule has 0 spiro atoms. The maximum absolute atomic E-state index is 12.9. The van der Waals surface area contributed by atoms with Crippen LogP contribution in [-0.4, -0.2) is 28.8 Å². The molecular formula is C21H20FN3O2. The molecule has 4 rings (SSSR count). The first-order chi connectivity index (χ1) is 13.2. The molecule has 27 heavy (non-hydrogen) atoms. The fourth-order valence-electron chi connectivity index (χ4n) is 3.35. The van der Waals surface area contributed by atoms with Gasteiger partial charge in [-0.15, -0.1) is 0 Å². The van der Waals surface area contributed by atoms with E-state index in [-0.39, 0.29) is 11.7 Å². The third-order valence-corrected chi connectivity index (χ3v) is 4.62. The quantitative estimate of drug-likeness (QED) is 0.682. The van der Waals surface area contributed by atoms with Gasteiger partial charge in [0.05, 0.1) is 12.2 Å². The molecule has 0 saturated carbocycles. The fraction of sp³-hybridized carbons (Fsp3) is 0.238. The summed E-state index contributed by atoms with van der Waals surface area (Å²) in [6, 6.07) is 15.7. The maximum Gasteiger partial charge on any atom is 0.272 e. The second-order valence-electron chi connectivity index (χ2n) is 6.43. The van der Waals surface area contributed by atoms with Crippen molar-refractivity contribution in [3.8, 4) is 11.4 Å². The van der Waals surface area contributed by atoms with Crippen LogP contribution >= 0.6 is 0 Å². The summed E-state index contributed by atoms with van der Waals surface area (Å²) in [7, 11) is 0. The van der Waals surface area contributed by atoms with Gasteiger partial charge in [-0.2, -0.15) is 5.10 Å². The van der Waals surface area contributed by atoms with Crippen molar-refractivity contribution in [3.05, 3.63) is 77.4 Å². The summed E-state index contributed by atoms with van der Waals surface area (Å²) in [5, 5.41) is 7.43. The highest BCUT2D eigenvalue weighted by Crippen LogP contribution is 2.27. The van der Waals surface area contributed by atoms with Crippen molar-refractivity contribution in [2.75, 3.05) is 13.2 Å². The van der Waals surface area contributed by atoms with Crippen LogP contribution in [0.2, 0.25) is 0 Å². The first-order valence-electron chi connectivity index (χ1n) is 9.05. The van der Waals surface area contributed by atoms with Gasteiger partial charge in [0, 0.05) is 11.3 Å². The zero-order valence-corrected chi connectivity index (χ0v) is 14.8.